The van der Waals surface area contributed by atoms with E-state index in [-0.39, 0.29) is 11.4 Å². The number of aryl methyl sites for hydroxylation is 1. The molecule has 0 bridgehead atoms. The Kier molecular flexibility index (Phi) is 4.98. The number of carbonyl (C=O) groups is 1. The van der Waals surface area contributed by atoms with E-state index >= 15 is 0 Å². The molecule has 0 fully saturated rings. The Morgan fingerprint density at radius 3 is 2.69 bits per heavy atom. The van der Waals surface area contributed by atoms with Gasteiger partial charge in [0.25, 0.3) is 5.91 Å². The van der Waals surface area contributed by atoms with Gasteiger partial charge in [0, 0.05) is 11.9 Å². The molecule has 4 N–H and O–H groups in total. The van der Waals surface area contributed by atoms with Crippen molar-refractivity contribution in [2.75, 3.05) is 12.4 Å². The summed E-state index contributed by atoms with van der Waals surface area (Å²) in [7, 11) is 1.61. The molecule has 0 saturated carbocycles. The number of methoxy groups -OCH3 is 1. The molecule has 0 saturated heterocycles. The van der Waals surface area contributed by atoms with E-state index in [9.17, 15) is 4.79 Å². The Labute approximate surface area is 150 Å². The minimum absolute atomic E-state index is 0.205. The summed E-state index contributed by atoms with van der Waals surface area (Å²) in [6.07, 6.45) is 1.61. The number of nitrogens with zero attached hydrogens (tertiary/aromatic N) is 2. The van der Waals surface area contributed by atoms with Crippen molar-refractivity contribution in [2.24, 2.45) is 10.7 Å². The lowest BCUT2D eigenvalue weighted by atomic mass is 10.2. The zero-order valence-electron chi connectivity index (χ0n) is 14.5. The number of rotatable bonds is 6. The van der Waals surface area contributed by atoms with E-state index in [2.05, 4.69) is 20.5 Å². The predicted octanol–water partition coefficient (Wildman–Crippen LogP) is 3.32. The summed E-state index contributed by atoms with van der Waals surface area (Å²) in [4.78, 5) is 16.2. The zero-order chi connectivity index (χ0) is 18.5. The summed E-state index contributed by atoms with van der Waals surface area (Å²) in [6.45, 7) is 1.98. The van der Waals surface area contributed by atoms with E-state index in [1.807, 2.05) is 55.5 Å². The lowest BCUT2D eigenvalue weighted by Gasteiger charge is -2.06. The third-order valence-corrected chi connectivity index (χ3v) is 3.73. The number of aromatic nitrogens is 2. The number of benzene rings is 2. The minimum atomic E-state index is -0.615. The third-order valence-electron chi connectivity index (χ3n) is 3.73. The molecule has 0 aliphatic carbocycles. The second-order valence-corrected chi connectivity index (χ2v) is 5.69. The van der Waals surface area contributed by atoms with Crippen LogP contribution >= 0.6 is 0 Å². The number of nitrogens with one attached hydrogen (secondary N) is 2. The Hall–Kier alpha value is -3.61. The summed E-state index contributed by atoms with van der Waals surface area (Å²) in [6, 6.07) is 15.1. The van der Waals surface area contributed by atoms with Crippen molar-refractivity contribution in [3.05, 3.63) is 65.2 Å². The highest BCUT2D eigenvalue weighted by Gasteiger charge is 2.18. The second-order valence-electron chi connectivity index (χ2n) is 5.69. The van der Waals surface area contributed by atoms with Crippen molar-refractivity contribution in [2.45, 2.75) is 6.92 Å². The number of hydrogen-bond acceptors (Lipinski definition) is 5. The fourth-order valence-electron chi connectivity index (χ4n) is 2.44. The molecular weight excluding hydrogens is 330 g/mol. The summed E-state index contributed by atoms with van der Waals surface area (Å²) in [5, 5.41) is 10.00. The number of anilines is 2. The molecule has 3 rings (SSSR count). The van der Waals surface area contributed by atoms with Crippen LogP contribution in [0.3, 0.4) is 0 Å². The standard InChI is InChI=1S/C19H19N5O2/c1-12-4-3-5-14(10-12)22-19-16(17(20)25)18(23-24-19)21-11-13-6-8-15(26-2)9-7-13/h3-11H,1-2H3,(H2,20,25)(H2,22,23,24). The molecule has 0 atom stereocenters. The van der Waals surface area contributed by atoms with Gasteiger partial charge in [-0.1, -0.05) is 12.1 Å². The molecule has 26 heavy (non-hydrogen) atoms. The van der Waals surface area contributed by atoms with Crippen molar-refractivity contribution in [3.63, 3.8) is 0 Å². The molecule has 0 unspecified atom stereocenters. The van der Waals surface area contributed by atoms with Crippen LogP contribution in [0.2, 0.25) is 0 Å². The molecule has 0 radical (unpaired) electrons. The Morgan fingerprint density at radius 1 is 1.27 bits per heavy atom. The van der Waals surface area contributed by atoms with Gasteiger partial charge in [0.05, 0.1) is 7.11 Å². The molecule has 3 aromatic rings. The Balaban J connectivity index is 1.86. The van der Waals surface area contributed by atoms with Gasteiger partial charge < -0.3 is 15.8 Å². The lowest BCUT2D eigenvalue weighted by molar-refractivity contribution is 0.100. The van der Waals surface area contributed by atoms with E-state index in [1.54, 1.807) is 13.3 Å². The molecule has 0 aliphatic rings. The van der Waals surface area contributed by atoms with Crippen molar-refractivity contribution in [3.8, 4) is 5.75 Å². The summed E-state index contributed by atoms with van der Waals surface area (Å²) < 4.78 is 5.12. The summed E-state index contributed by atoms with van der Waals surface area (Å²) >= 11 is 0. The number of carbonyl (C=O) groups excluding carboxylic acids is 1. The fourth-order valence-corrected chi connectivity index (χ4v) is 2.44. The van der Waals surface area contributed by atoms with Crippen LogP contribution in [0.1, 0.15) is 21.5 Å². The monoisotopic (exact) mass is 349 g/mol. The van der Waals surface area contributed by atoms with Gasteiger partial charge in [-0.2, -0.15) is 5.10 Å². The first-order valence-electron chi connectivity index (χ1n) is 7.97. The first-order valence-corrected chi connectivity index (χ1v) is 7.97. The van der Waals surface area contributed by atoms with E-state index < -0.39 is 5.91 Å². The highest BCUT2D eigenvalue weighted by atomic mass is 16.5. The highest BCUT2D eigenvalue weighted by Crippen LogP contribution is 2.26. The van der Waals surface area contributed by atoms with Crippen LogP contribution in [0.4, 0.5) is 17.3 Å². The molecule has 1 amide bonds. The van der Waals surface area contributed by atoms with Gasteiger partial charge in [0.2, 0.25) is 0 Å². The molecule has 0 spiro atoms. The maximum atomic E-state index is 11.9. The normalized spacial score (nSPS) is 10.8. The van der Waals surface area contributed by atoms with E-state index in [1.165, 1.54) is 0 Å². The number of nitrogens with two attached hydrogens (primary N) is 1. The van der Waals surface area contributed by atoms with Gasteiger partial charge in [0.15, 0.2) is 5.82 Å². The fraction of sp³-hybridized carbons (Fsp3) is 0.105. The molecule has 7 nitrogen and oxygen atoms in total. The molecule has 2 aromatic carbocycles. The minimum Gasteiger partial charge on any atom is -0.497 e. The predicted molar refractivity (Wildman–Crippen MR) is 102 cm³/mol. The molecule has 1 heterocycles. The van der Waals surface area contributed by atoms with Crippen LogP contribution in [0, 0.1) is 6.92 Å². The van der Waals surface area contributed by atoms with Crippen LogP contribution in [-0.2, 0) is 0 Å². The Bertz CT molecular complexity index is 945. The first-order chi connectivity index (χ1) is 12.6. The van der Waals surface area contributed by atoms with E-state index in [0.717, 1.165) is 22.6 Å². The zero-order valence-corrected chi connectivity index (χ0v) is 14.5. The SMILES string of the molecule is COc1ccc(C=Nc2n[nH]c(Nc3cccc(C)c3)c2C(N)=O)cc1. The number of primary amides is 1. The van der Waals surface area contributed by atoms with E-state index in [0.29, 0.717) is 5.82 Å². The number of aliphatic imine (C=N–C) groups is 1. The molecular formula is C19H19N5O2. The van der Waals surface area contributed by atoms with E-state index in [4.69, 9.17) is 10.5 Å². The number of hydrogen-bond donors (Lipinski definition) is 3. The van der Waals surface area contributed by atoms with Crippen molar-refractivity contribution in [1.29, 1.82) is 0 Å². The third kappa shape index (κ3) is 3.89. The van der Waals surface area contributed by atoms with Crippen LogP contribution in [0.25, 0.3) is 0 Å². The van der Waals surface area contributed by atoms with Gasteiger partial charge in [0.1, 0.15) is 17.1 Å². The average Bonchev–Trinajstić information content (AvgIpc) is 3.03. The Morgan fingerprint density at radius 2 is 2.04 bits per heavy atom. The van der Waals surface area contributed by atoms with Gasteiger partial charge in [-0.05, 0) is 54.4 Å². The van der Waals surface area contributed by atoms with Crippen molar-refractivity contribution < 1.29 is 9.53 Å². The molecule has 0 aliphatic heterocycles. The van der Waals surface area contributed by atoms with Crippen LogP contribution < -0.4 is 15.8 Å². The maximum Gasteiger partial charge on any atom is 0.256 e. The lowest BCUT2D eigenvalue weighted by Crippen LogP contribution is -2.12. The molecule has 7 heteroatoms. The number of amides is 1. The van der Waals surface area contributed by atoms with Crippen molar-refractivity contribution >= 4 is 29.4 Å². The van der Waals surface area contributed by atoms with Crippen LogP contribution in [0.15, 0.2) is 53.5 Å². The van der Waals surface area contributed by atoms with Gasteiger partial charge in [-0.25, -0.2) is 4.99 Å². The average molecular weight is 349 g/mol. The van der Waals surface area contributed by atoms with Gasteiger partial charge in [-0.15, -0.1) is 0 Å². The first kappa shape index (κ1) is 17.2. The summed E-state index contributed by atoms with van der Waals surface area (Å²) in [5.41, 5.74) is 8.48. The van der Waals surface area contributed by atoms with Crippen LogP contribution in [-0.4, -0.2) is 29.4 Å². The molecule has 132 valence electrons. The van der Waals surface area contributed by atoms with Gasteiger partial charge >= 0.3 is 0 Å². The smallest absolute Gasteiger partial charge is 0.256 e. The number of ether oxygens (including phenoxy) is 1. The topological polar surface area (TPSA) is 105 Å². The molecule has 1 aromatic heterocycles. The highest BCUT2D eigenvalue weighted by molar-refractivity contribution is 6.03. The largest absolute Gasteiger partial charge is 0.497 e. The quantitative estimate of drug-likeness (QED) is 0.594. The van der Waals surface area contributed by atoms with Crippen LogP contribution in [0.5, 0.6) is 5.75 Å². The number of aromatic amines is 1. The number of H-pyrrole nitrogens is 1. The maximum absolute atomic E-state index is 11.9. The second kappa shape index (κ2) is 7.52. The van der Waals surface area contributed by atoms with Crippen molar-refractivity contribution in [1.82, 2.24) is 10.2 Å². The van der Waals surface area contributed by atoms with Gasteiger partial charge in [-0.3, -0.25) is 9.89 Å². The summed E-state index contributed by atoms with van der Waals surface area (Å²) in [5.74, 6) is 0.772.